The normalized spacial score (nSPS) is 13.5. The molecule has 0 aliphatic heterocycles. The minimum atomic E-state index is -0.211. The molecule has 0 spiro atoms. The van der Waals surface area contributed by atoms with Crippen molar-refractivity contribution in [3.8, 4) is 0 Å². The zero-order valence-electron chi connectivity index (χ0n) is 6.82. The van der Waals surface area contributed by atoms with Crippen LogP contribution in [0, 0.1) is 0 Å². The quantitative estimate of drug-likeness (QED) is 0.500. The highest BCUT2D eigenvalue weighted by Crippen LogP contribution is 2.13. The lowest BCUT2D eigenvalue weighted by Crippen LogP contribution is -1.80. The summed E-state index contributed by atoms with van der Waals surface area (Å²) in [7, 11) is 0. The summed E-state index contributed by atoms with van der Waals surface area (Å²) in [6.45, 7) is 7.17. The van der Waals surface area contributed by atoms with Crippen LogP contribution >= 0.6 is 15.9 Å². The fourth-order valence-corrected chi connectivity index (χ4v) is 0.631. The molecular weight excluding hydrogens is 207 g/mol. The molecule has 0 saturated heterocycles. The molecule has 0 N–H and O–H groups in total. The van der Waals surface area contributed by atoms with Crippen LogP contribution in [0.25, 0.3) is 0 Å². The molecule has 0 nitrogen and oxygen atoms in total. The maximum absolute atomic E-state index is 12.9. The van der Waals surface area contributed by atoms with Crippen LogP contribution in [-0.2, 0) is 0 Å². The van der Waals surface area contributed by atoms with E-state index in [1.165, 1.54) is 6.08 Å². The van der Waals surface area contributed by atoms with Gasteiger partial charge in [-0.05, 0) is 31.1 Å². The van der Waals surface area contributed by atoms with Crippen LogP contribution in [-0.4, -0.2) is 5.33 Å². The van der Waals surface area contributed by atoms with Gasteiger partial charge in [0.15, 0.2) is 0 Å². The molecule has 0 fully saturated rings. The Balaban J connectivity index is 4.34. The van der Waals surface area contributed by atoms with Crippen LogP contribution in [0.5, 0.6) is 0 Å². The first-order valence-electron chi connectivity index (χ1n) is 3.36. The van der Waals surface area contributed by atoms with Crippen LogP contribution in [0.4, 0.5) is 4.39 Å². The van der Waals surface area contributed by atoms with Crippen LogP contribution in [0.15, 0.2) is 35.7 Å². The van der Waals surface area contributed by atoms with E-state index in [0.717, 1.165) is 5.57 Å². The number of halogens is 2. The average molecular weight is 219 g/mol. The molecule has 0 atom stereocenters. The molecule has 0 bridgehead atoms. The minimum Gasteiger partial charge on any atom is -0.207 e. The first kappa shape index (κ1) is 10.6. The molecule has 0 unspecified atom stereocenters. The van der Waals surface area contributed by atoms with Gasteiger partial charge >= 0.3 is 0 Å². The third-order valence-electron chi connectivity index (χ3n) is 1.31. The molecular formula is C9H12BrF. The molecule has 0 aromatic heterocycles. The predicted molar refractivity (Wildman–Crippen MR) is 51.6 cm³/mol. The standard InChI is InChI=1S/C9H12BrF/c1-4-8(3)9(11)5-7(2)6-10/h4-5H,2,6H2,1,3H3/b8-4-,9-5+. The van der Waals surface area contributed by atoms with E-state index in [9.17, 15) is 4.39 Å². The van der Waals surface area contributed by atoms with Gasteiger partial charge in [0.25, 0.3) is 0 Å². The van der Waals surface area contributed by atoms with Crippen molar-refractivity contribution >= 4 is 15.9 Å². The lowest BCUT2D eigenvalue weighted by molar-refractivity contribution is 0.650. The third kappa shape index (κ3) is 4.14. The van der Waals surface area contributed by atoms with Crippen LogP contribution < -0.4 is 0 Å². The molecule has 0 aliphatic rings. The molecule has 0 amide bonds. The van der Waals surface area contributed by atoms with Gasteiger partial charge in [-0.25, -0.2) is 4.39 Å². The number of rotatable bonds is 3. The Morgan fingerprint density at radius 1 is 1.64 bits per heavy atom. The van der Waals surface area contributed by atoms with E-state index in [0.29, 0.717) is 10.9 Å². The number of hydrogen-bond acceptors (Lipinski definition) is 0. The van der Waals surface area contributed by atoms with Crippen molar-refractivity contribution in [3.63, 3.8) is 0 Å². The van der Waals surface area contributed by atoms with Gasteiger partial charge in [-0.2, -0.15) is 0 Å². The smallest absolute Gasteiger partial charge is 0.126 e. The van der Waals surface area contributed by atoms with E-state index in [1.54, 1.807) is 19.9 Å². The van der Waals surface area contributed by atoms with E-state index >= 15 is 0 Å². The highest BCUT2D eigenvalue weighted by Gasteiger charge is 1.96. The van der Waals surface area contributed by atoms with Crippen molar-refractivity contribution in [2.45, 2.75) is 13.8 Å². The van der Waals surface area contributed by atoms with Crippen molar-refractivity contribution in [3.05, 3.63) is 35.7 Å². The lowest BCUT2D eigenvalue weighted by atomic mass is 10.2. The molecule has 0 aliphatic carbocycles. The average Bonchev–Trinajstić information content (AvgIpc) is 2.02. The van der Waals surface area contributed by atoms with Crippen LogP contribution in [0.3, 0.4) is 0 Å². The summed E-state index contributed by atoms with van der Waals surface area (Å²) in [6, 6.07) is 0. The minimum absolute atomic E-state index is 0.211. The van der Waals surface area contributed by atoms with Gasteiger partial charge in [-0.1, -0.05) is 28.6 Å². The molecule has 0 aromatic rings. The molecule has 0 radical (unpaired) electrons. The number of hydrogen-bond donors (Lipinski definition) is 0. The van der Waals surface area contributed by atoms with Crippen molar-refractivity contribution in [2.75, 3.05) is 5.33 Å². The molecule has 2 heteroatoms. The summed E-state index contributed by atoms with van der Waals surface area (Å²) in [5.41, 5.74) is 1.39. The Morgan fingerprint density at radius 2 is 2.18 bits per heavy atom. The van der Waals surface area contributed by atoms with E-state index in [1.807, 2.05) is 0 Å². The van der Waals surface area contributed by atoms with Gasteiger partial charge in [0.2, 0.25) is 0 Å². The first-order chi connectivity index (χ1) is 5.11. The Labute approximate surface area is 75.6 Å². The SMILES string of the molecule is C=C(/C=C(F)\C(C)=C/C)CBr. The topological polar surface area (TPSA) is 0 Å². The summed E-state index contributed by atoms with van der Waals surface area (Å²) in [5, 5.41) is 0.609. The molecule has 0 heterocycles. The summed E-state index contributed by atoms with van der Waals surface area (Å²) in [4.78, 5) is 0. The Bertz CT molecular complexity index is 202. The zero-order valence-corrected chi connectivity index (χ0v) is 8.41. The predicted octanol–water partition coefficient (Wildman–Crippen LogP) is 3.76. The second-order valence-electron chi connectivity index (χ2n) is 2.26. The van der Waals surface area contributed by atoms with Crippen molar-refractivity contribution in [2.24, 2.45) is 0 Å². The van der Waals surface area contributed by atoms with Gasteiger partial charge in [-0.3, -0.25) is 0 Å². The Kier molecular flexibility index (Phi) is 5.12. The summed E-state index contributed by atoms with van der Waals surface area (Å²) in [6.07, 6.45) is 3.16. The van der Waals surface area contributed by atoms with E-state index < -0.39 is 0 Å². The van der Waals surface area contributed by atoms with Gasteiger partial charge in [-0.15, -0.1) is 0 Å². The summed E-state index contributed by atoms with van der Waals surface area (Å²) >= 11 is 3.18. The number of alkyl halides is 1. The van der Waals surface area contributed by atoms with Gasteiger partial charge in [0.05, 0.1) is 0 Å². The van der Waals surface area contributed by atoms with Crippen LogP contribution in [0.1, 0.15) is 13.8 Å². The summed E-state index contributed by atoms with van der Waals surface area (Å²) < 4.78 is 12.9. The van der Waals surface area contributed by atoms with Crippen LogP contribution in [0.2, 0.25) is 0 Å². The highest BCUT2D eigenvalue weighted by atomic mass is 79.9. The maximum atomic E-state index is 12.9. The molecule has 0 saturated carbocycles. The van der Waals surface area contributed by atoms with Gasteiger partial charge < -0.3 is 0 Å². The number of allylic oxidation sites excluding steroid dienone is 5. The van der Waals surface area contributed by atoms with E-state index in [-0.39, 0.29) is 5.83 Å². The fraction of sp³-hybridized carbons (Fsp3) is 0.333. The largest absolute Gasteiger partial charge is 0.207 e. The highest BCUT2D eigenvalue weighted by molar-refractivity contribution is 9.09. The van der Waals surface area contributed by atoms with Gasteiger partial charge in [0.1, 0.15) is 5.83 Å². The Hall–Kier alpha value is -0.370. The Morgan fingerprint density at radius 3 is 2.55 bits per heavy atom. The first-order valence-corrected chi connectivity index (χ1v) is 4.48. The summed E-state index contributed by atoms with van der Waals surface area (Å²) in [5.74, 6) is -0.211. The maximum Gasteiger partial charge on any atom is 0.126 e. The van der Waals surface area contributed by atoms with E-state index in [4.69, 9.17) is 0 Å². The third-order valence-corrected chi connectivity index (χ3v) is 2.03. The second kappa shape index (κ2) is 5.30. The van der Waals surface area contributed by atoms with E-state index in [2.05, 4.69) is 22.5 Å². The van der Waals surface area contributed by atoms with Gasteiger partial charge in [0, 0.05) is 5.33 Å². The van der Waals surface area contributed by atoms with Crippen molar-refractivity contribution < 1.29 is 4.39 Å². The lowest BCUT2D eigenvalue weighted by Gasteiger charge is -1.96. The molecule has 11 heavy (non-hydrogen) atoms. The zero-order chi connectivity index (χ0) is 8.85. The van der Waals surface area contributed by atoms with Crippen molar-refractivity contribution in [1.29, 1.82) is 0 Å². The molecule has 0 rings (SSSR count). The van der Waals surface area contributed by atoms with Crippen molar-refractivity contribution in [1.82, 2.24) is 0 Å². The second-order valence-corrected chi connectivity index (χ2v) is 2.82. The molecule has 0 aromatic carbocycles. The fourth-order valence-electron chi connectivity index (χ4n) is 0.470. The molecule has 62 valence electrons. The monoisotopic (exact) mass is 218 g/mol.